The summed E-state index contributed by atoms with van der Waals surface area (Å²) in [5.74, 6) is -0.343. The van der Waals surface area contributed by atoms with E-state index in [9.17, 15) is 13.2 Å². The summed E-state index contributed by atoms with van der Waals surface area (Å²) in [6.07, 6.45) is 1.60. The molecule has 3 rings (SSSR count). The second-order valence-electron chi connectivity index (χ2n) is 7.52. The van der Waals surface area contributed by atoms with Crippen LogP contribution >= 0.6 is 11.6 Å². The minimum absolute atomic E-state index is 0.0498. The van der Waals surface area contributed by atoms with Gasteiger partial charge in [-0.05, 0) is 68.1 Å². The smallest absolute Gasteiger partial charge is 0.263 e. The predicted octanol–water partition coefficient (Wildman–Crippen LogP) is 5.20. The second kappa shape index (κ2) is 9.98. The van der Waals surface area contributed by atoms with E-state index in [-0.39, 0.29) is 27.4 Å². The van der Waals surface area contributed by atoms with Crippen LogP contribution in [0.5, 0.6) is 0 Å². The molecule has 3 aromatic carbocycles. The molecule has 0 unspecified atom stereocenters. The molecule has 0 radical (unpaired) electrons. The molecule has 162 valence electrons. The fourth-order valence-corrected chi connectivity index (χ4v) is 4.75. The van der Waals surface area contributed by atoms with Gasteiger partial charge in [-0.2, -0.15) is 0 Å². The lowest BCUT2D eigenvalue weighted by Gasteiger charge is -2.15. The zero-order valence-electron chi connectivity index (χ0n) is 17.4. The van der Waals surface area contributed by atoms with E-state index in [4.69, 9.17) is 11.6 Å². The van der Waals surface area contributed by atoms with Gasteiger partial charge in [0.05, 0.1) is 5.02 Å². The maximum absolute atomic E-state index is 12.9. The van der Waals surface area contributed by atoms with Crippen molar-refractivity contribution in [3.8, 4) is 0 Å². The first kappa shape index (κ1) is 22.8. The standard InChI is InChI=1S/C24H25ClN2O3S/c1-17-7-6-10-21(15-17)27-31(29,30)23-16-20(13-14-22(23)25)24(28)26-18(2)11-12-19-8-4-3-5-9-19/h3-10,13-16,18,27H,11-12H2,1-2H3,(H,26,28)/t18-/m1/s1. The predicted molar refractivity (Wildman–Crippen MR) is 125 cm³/mol. The first-order chi connectivity index (χ1) is 14.7. The number of rotatable bonds is 8. The number of halogens is 1. The van der Waals surface area contributed by atoms with E-state index < -0.39 is 10.0 Å². The molecular weight excluding hydrogens is 432 g/mol. The highest BCUT2D eigenvalue weighted by Crippen LogP contribution is 2.25. The van der Waals surface area contributed by atoms with Crippen molar-refractivity contribution >= 4 is 33.2 Å². The minimum atomic E-state index is -3.95. The maximum Gasteiger partial charge on any atom is 0.263 e. The highest BCUT2D eigenvalue weighted by atomic mass is 35.5. The van der Waals surface area contributed by atoms with Crippen molar-refractivity contribution in [1.29, 1.82) is 0 Å². The van der Waals surface area contributed by atoms with Crippen LogP contribution in [0.1, 0.15) is 34.8 Å². The van der Waals surface area contributed by atoms with Crippen molar-refractivity contribution in [2.24, 2.45) is 0 Å². The Labute approximate surface area is 188 Å². The van der Waals surface area contributed by atoms with Gasteiger partial charge in [0.15, 0.2) is 0 Å². The zero-order valence-corrected chi connectivity index (χ0v) is 19.0. The van der Waals surface area contributed by atoms with Gasteiger partial charge in [0.1, 0.15) is 4.90 Å². The SMILES string of the molecule is Cc1cccc(NS(=O)(=O)c2cc(C(=O)N[C@H](C)CCc3ccccc3)ccc2Cl)c1. The number of nitrogens with one attached hydrogen (secondary N) is 2. The van der Waals surface area contributed by atoms with E-state index in [0.29, 0.717) is 5.69 Å². The fourth-order valence-electron chi connectivity index (χ4n) is 3.18. The van der Waals surface area contributed by atoms with Crippen LogP contribution in [0.4, 0.5) is 5.69 Å². The summed E-state index contributed by atoms with van der Waals surface area (Å²) >= 11 is 6.16. The van der Waals surface area contributed by atoms with Crippen molar-refractivity contribution in [3.63, 3.8) is 0 Å². The lowest BCUT2D eigenvalue weighted by atomic mass is 10.1. The molecule has 0 aliphatic rings. The molecule has 1 amide bonds. The summed E-state index contributed by atoms with van der Waals surface area (Å²) in [4.78, 5) is 12.6. The number of sulfonamides is 1. The van der Waals surface area contributed by atoms with Crippen molar-refractivity contribution < 1.29 is 13.2 Å². The summed E-state index contributed by atoms with van der Waals surface area (Å²) in [5.41, 5.74) is 2.79. The molecule has 2 N–H and O–H groups in total. The number of benzene rings is 3. The Morgan fingerprint density at radius 1 is 1.00 bits per heavy atom. The second-order valence-corrected chi connectivity index (χ2v) is 9.58. The third kappa shape index (κ3) is 6.32. The van der Waals surface area contributed by atoms with Crippen LogP contribution in [0.15, 0.2) is 77.7 Å². The van der Waals surface area contributed by atoms with Crippen LogP contribution in [0.25, 0.3) is 0 Å². The Hall–Kier alpha value is -2.83. The van der Waals surface area contributed by atoms with E-state index >= 15 is 0 Å². The highest BCUT2D eigenvalue weighted by Gasteiger charge is 2.21. The van der Waals surface area contributed by atoms with Gasteiger partial charge in [0, 0.05) is 17.3 Å². The van der Waals surface area contributed by atoms with Gasteiger partial charge in [-0.25, -0.2) is 8.42 Å². The average molecular weight is 457 g/mol. The first-order valence-corrected chi connectivity index (χ1v) is 11.8. The Morgan fingerprint density at radius 3 is 2.45 bits per heavy atom. The molecule has 7 heteroatoms. The number of aryl methyl sites for hydroxylation is 2. The van der Waals surface area contributed by atoms with Crippen molar-refractivity contribution in [3.05, 3.63) is 94.5 Å². The molecule has 0 heterocycles. The molecular formula is C24H25ClN2O3S. The van der Waals surface area contributed by atoms with E-state index in [1.54, 1.807) is 18.2 Å². The molecule has 5 nitrogen and oxygen atoms in total. The number of hydrogen-bond acceptors (Lipinski definition) is 3. The van der Waals surface area contributed by atoms with E-state index in [1.807, 2.05) is 50.2 Å². The van der Waals surface area contributed by atoms with Crippen molar-refractivity contribution in [2.75, 3.05) is 4.72 Å². The number of anilines is 1. The van der Waals surface area contributed by atoms with Gasteiger partial charge in [-0.3, -0.25) is 9.52 Å². The Kier molecular flexibility index (Phi) is 7.36. The number of hydrogen-bond donors (Lipinski definition) is 2. The summed E-state index contributed by atoms with van der Waals surface area (Å²) in [7, 11) is -3.95. The monoisotopic (exact) mass is 456 g/mol. The molecule has 0 saturated carbocycles. The van der Waals surface area contributed by atoms with Crippen molar-refractivity contribution in [2.45, 2.75) is 37.6 Å². The molecule has 0 bridgehead atoms. The van der Waals surface area contributed by atoms with Gasteiger partial charge in [-0.15, -0.1) is 0 Å². The maximum atomic E-state index is 12.9. The number of carbonyl (C=O) groups excluding carboxylic acids is 1. The average Bonchev–Trinajstić information content (AvgIpc) is 2.73. The number of amides is 1. The third-order valence-electron chi connectivity index (χ3n) is 4.84. The fraction of sp³-hybridized carbons (Fsp3) is 0.208. The van der Waals surface area contributed by atoms with Crippen LogP contribution in [0, 0.1) is 6.92 Å². The summed E-state index contributed by atoms with van der Waals surface area (Å²) < 4.78 is 28.2. The highest BCUT2D eigenvalue weighted by molar-refractivity contribution is 7.92. The third-order valence-corrected chi connectivity index (χ3v) is 6.70. The van der Waals surface area contributed by atoms with Crippen LogP contribution in [-0.4, -0.2) is 20.4 Å². The van der Waals surface area contributed by atoms with E-state index in [1.165, 1.54) is 23.8 Å². The van der Waals surface area contributed by atoms with Crippen LogP contribution in [0.3, 0.4) is 0 Å². The number of carbonyl (C=O) groups is 1. The van der Waals surface area contributed by atoms with Crippen LogP contribution in [0.2, 0.25) is 5.02 Å². The lowest BCUT2D eigenvalue weighted by Crippen LogP contribution is -2.33. The molecule has 0 spiro atoms. The Bertz CT molecular complexity index is 1160. The molecule has 0 aliphatic carbocycles. The zero-order chi connectivity index (χ0) is 22.4. The first-order valence-electron chi connectivity index (χ1n) is 9.98. The molecule has 1 atom stereocenters. The molecule has 31 heavy (non-hydrogen) atoms. The molecule has 0 aromatic heterocycles. The van der Waals surface area contributed by atoms with Gasteiger partial charge >= 0.3 is 0 Å². The molecule has 0 saturated heterocycles. The van der Waals surface area contributed by atoms with Gasteiger partial charge in [0.25, 0.3) is 15.9 Å². The Morgan fingerprint density at radius 2 is 1.74 bits per heavy atom. The molecule has 0 fully saturated rings. The Balaban J connectivity index is 1.71. The minimum Gasteiger partial charge on any atom is -0.350 e. The largest absolute Gasteiger partial charge is 0.350 e. The molecule has 0 aliphatic heterocycles. The lowest BCUT2D eigenvalue weighted by molar-refractivity contribution is 0.0938. The topological polar surface area (TPSA) is 75.3 Å². The van der Waals surface area contributed by atoms with Crippen LogP contribution < -0.4 is 10.0 Å². The van der Waals surface area contributed by atoms with Gasteiger partial charge in [-0.1, -0.05) is 54.1 Å². The van der Waals surface area contributed by atoms with E-state index in [0.717, 1.165) is 18.4 Å². The van der Waals surface area contributed by atoms with Gasteiger partial charge < -0.3 is 5.32 Å². The van der Waals surface area contributed by atoms with Crippen molar-refractivity contribution in [1.82, 2.24) is 5.32 Å². The van der Waals surface area contributed by atoms with Crippen LogP contribution in [-0.2, 0) is 16.4 Å². The summed E-state index contributed by atoms with van der Waals surface area (Å²) in [6, 6.07) is 21.2. The summed E-state index contributed by atoms with van der Waals surface area (Å²) in [6.45, 7) is 3.79. The quantitative estimate of drug-likeness (QED) is 0.489. The van der Waals surface area contributed by atoms with E-state index in [2.05, 4.69) is 10.0 Å². The summed E-state index contributed by atoms with van der Waals surface area (Å²) in [5, 5.41) is 2.97. The van der Waals surface area contributed by atoms with Gasteiger partial charge in [0.2, 0.25) is 0 Å². The molecule has 3 aromatic rings. The normalized spacial score (nSPS) is 12.2.